The van der Waals surface area contributed by atoms with Gasteiger partial charge in [0.1, 0.15) is 0 Å². The molecule has 2 nitrogen and oxygen atoms in total. The molecule has 98 valence electrons. The Balaban J connectivity index is 2.61. The maximum Gasteiger partial charge on any atom is 0.417 e. The molecule has 1 aliphatic rings. The van der Waals surface area contributed by atoms with Gasteiger partial charge in [0.25, 0.3) is 0 Å². The van der Waals surface area contributed by atoms with Crippen molar-refractivity contribution in [1.82, 2.24) is 5.01 Å². The van der Waals surface area contributed by atoms with E-state index in [9.17, 15) is 13.2 Å². The first-order valence-corrected chi connectivity index (χ1v) is 9.30. The summed E-state index contributed by atoms with van der Waals surface area (Å²) in [5.41, 5.74) is -0.691. The van der Waals surface area contributed by atoms with E-state index in [1.165, 1.54) is 5.01 Å². The molecule has 1 heterocycles. The number of hydrogen-bond donors (Lipinski definition) is 1. The maximum absolute atomic E-state index is 12.4. The zero-order chi connectivity index (χ0) is 13.3. The molecule has 2 N–H and O–H groups in total. The Labute approximate surface area is 101 Å². The average molecular weight is 264 g/mol. The van der Waals surface area contributed by atoms with Gasteiger partial charge < -0.3 is 5.01 Å². The summed E-state index contributed by atoms with van der Waals surface area (Å²) in [7, 11) is -1.18. The number of hydrazine groups is 1. The lowest BCUT2D eigenvalue weighted by molar-refractivity contribution is -0.0899. The molecule has 1 rings (SSSR count). The third kappa shape index (κ3) is 4.55. The van der Waals surface area contributed by atoms with Crippen LogP contribution < -0.4 is 5.84 Å². The Kier molecular flexibility index (Phi) is 4.09. The van der Waals surface area contributed by atoms with E-state index in [-0.39, 0.29) is 6.04 Å². The van der Waals surface area contributed by atoms with Crippen molar-refractivity contribution in [3.05, 3.63) is 23.9 Å². The second kappa shape index (κ2) is 4.86. The molecule has 0 saturated heterocycles. The summed E-state index contributed by atoms with van der Waals surface area (Å²) >= 11 is 0. The van der Waals surface area contributed by atoms with Crippen LogP contribution in [0.5, 0.6) is 0 Å². The predicted molar refractivity (Wildman–Crippen MR) is 65.9 cm³/mol. The van der Waals surface area contributed by atoms with Crippen molar-refractivity contribution < 1.29 is 13.2 Å². The van der Waals surface area contributed by atoms with Gasteiger partial charge in [0.2, 0.25) is 0 Å². The molecule has 0 fully saturated rings. The highest BCUT2D eigenvalue weighted by atomic mass is 28.3. The van der Waals surface area contributed by atoms with Crippen molar-refractivity contribution in [2.24, 2.45) is 5.84 Å². The fourth-order valence-corrected chi connectivity index (χ4v) is 2.77. The molecule has 1 unspecified atom stereocenters. The predicted octanol–water partition coefficient (Wildman–Crippen LogP) is 3.28. The van der Waals surface area contributed by atoms with Crippen molar-refractivity contribution in [2.45, 2.75) is 44.3 Å². The van der Waals surface area contributed by atoms with Gasteiger partial charge in [-0.2, -0.15) is 13.2 Å². The van der Waals surface area contributed by atoms with Gasteiger partial charge in [-0.05, 0) is 6.42 Å². The van der Waals surface area contributed by atoms with Gasteiger partial charge >= 0.3 is 6.18 Å². The van der Waals surface area contributed by atoms with E-state index >= 15 is 0 Å². The first-order valence-electron chi connectivity index (χ1n) is 5.60. The maximum atomic E-state index is 12.4. The monoisotopic (exact) mass is 264 g/mol. The molecule has 0 radical (unpaired) electrons. The lowest BCUT2D eigenvalue weighted by Crippen LogP contribution is -2.39. The number of allylic oxidation sites excluding steroid dienone is 2. The van der Waals surface area contributed by atoms with Gasteiger partial charge in [-0.3, -0.25) is 0 Å². The molecular weight excluding hydrogens is 245 g/mol. The molecule has 6 heteroatoms. The topological polar surface area (TPSA) is 29.3 Å². The van der Waals surface area contributed by atoms with Gasteiger partial charge in [0.15, 0.2) is 0 Å². The highest BCUT2D eigenvalue weighted by molar-refractivity contribution is 6.76. The fourth-order valence-electron chi connectivity index (χ4n) is 1.61. The molecular formula is C11H19F3N2Si. The average Bonchev–Trinajstić information content (AvgIpc) is 2.12. The van der Waals surface area contributed by atoms with Gasteiger partial charge in [0, 0.05) is 14.3 Å². The van der Waals surface area contributed by atoms with E-state index < -0.39 is 19.8 Å². The van der Waals surface area contributed by atoms with Gasteiger partial charge in [0.05, 0.1) is 11.6 Å². The van der Waals surface area contributed by atoms with Crippen LogP contribution in [0.4, 0.5) is 13.2 Å². The van der Waals surface area contributed by atoms with E-state index in [0.717, 1.165) is 24.7 Å². The minimum atomic E-state index is -4.32. The Bertz CT molecular complexity index is 329. The molecule has 0 bridgehead atoms. The van der Waals surface area contributed by atoms with Crippen LogP contribution in [0, 0.1) is 0 Å². The van der Waals surface area contributed by atoms with Crippen LogP contribution in [-0.2, 0) is 0 Å². The molecule has 0 aromatic rings. The van der Waals surface area contributed by atoms with Crippen molar-refractivity contribution in [3.8, 4) is 0 Å². The molecule has 0 saturated carbocycles. The first kappa shape index (κ1) is 14.3. The smallest absolute Gasteiger partial charge is 0.311 e. The normalized spacial score (nSPS) is 21.7. The van der Waals surface area contributed by atoms with E-state index in [0.29, 0.717) is 0 Å². The number of nitrogens with zero attached hydrogens (tertiary/aromatic N) is 1. The highest BCUT2D eigenvalue weighted by Gasteiger charge is 2.34. The SMILES string of the molecule is C[Si](C)(C)CCC1C=CC(C(F)(F)F)=CN1N. The van der Waals surface area contributed by atoms with Crippen molar-refractivity contribution >= 4 is 8.07 Å². The molecule has 17 heavy (non-hydrogen) atoms. The molecule has 1 atom stereocenters. The Morgan fingerprint density at radius 1 is 1.35 bits per heavy atom. The molecule has 0 amide bonds. The number of nitrogens with two attached hydrogens (primary N) is 1. The number of alkyl halides is 3. The van der Waals surface area contributed by atoms with Crippen LogP contribution in [0.3, 0.4) is 0 Å². The van der Waals surface area contributed by atoms with Crippen molar-refractivity contribution in [1.29, 1.82) is 0 Å². The second-order valence-electron chi connectivity index (χ2n) is 5.56. The molecule has 1 aliphatic heterocycles. The summed E-state index contributed by atoms with van der Waals surface area (Å²) in [6, 6.07) is 0.929. The van der Waals surface area contributed by atoms with Crippen LogP contribution >= 0.6 is 0 Å². The number of halogens is 3. The Hall–Kier alpha value is -0.753. The minimum Gasteiger partial charge on any atom is -0.311 e. The van der Waals surface area contributed by atoms with Gasteiger partial charge in [-0.15, -0.1) is 0 Å². The van der Waals surface area contributed by atoms with Crippen LogP contribution in [-0.4, -0.2) is 25.3 Å². The summed E-state index contributed by atoms with van der Waals surface area (Å²) in [6.07, 6.45) is 0.137. The van der Waals surface area contributed by atoms with Crippen LogP contribution in [0.2, 0.25) is 25.7 Å². The standard InChI is InChI=1S/C11H19F3N2Si/c1-17(2,3)7-6-10-5-4-9(8-16(10)15)11(12,13)14/h4-5,8,10H,6-7,15H2,1-3H3. The third-order valence-corrected chi connectivity index (χ3v) is 4.48. The second-order valence-corrected chi connectivity index (χ2v) is 11.2. The quantitative estimate of drug-likeness (QED) is 0.626. The Morgan fingerprint density at radius 3 is 2.35 bits per heavy atom. The van der Waals surface area contributed by atoms with Gasteiger partial charge in [-0.1, -0.05) is 37.8 Å². The number of rotatable bonds is 3. The van der Waals surface area contributed by atoms with Crippen molar-refractivity contribution in [3.63, 3.8) is 0 Å². The lowest BCUT2D eigenvalue weighted by Gasteiger charge is -2.30. The van der Waals surface area contributed by atoms with E-state index in [1.807, 2.05) is 0 Å². The summed E-state index contributed by atoms with van der Waals surface area (Å²) in [6.45, 7) is 6.70. The van der Waals surface area contributed by atoms with E-state index in [4.69, 9.17) is 5.84 Å². The van der Waals surface area contributed by atoms with Crippen LogP contribution in [0.15, 0.2) is 23.9 Å². The minimum absolute atomic E-state index is 0.118. The van der Waals surface area contributed by atoms with Crippen molar-refractivity contribution in [2.75, 3.05) is 0 Å². The summed E-state index contributed by atoms with van der Waals surface area (Å²) < 4.78 is 37.3. The molecule has 0 aromatic carbocycles. The lowest BCUT2D eigenvalue weighted by atomic mass is 10.1. The molecule has 0 aromatic heterocycles. The van der Waals surface area contributed by atoms with Crippen LogP contribution in [0.25, 0.3) is 0 Å². The zero-order valence-electron chi connectivity index (χ0n) is 10.4. The fraction of sp³-hybridized carbons (Fsp3) is 0.636. The van der Waals surface area contributed by atoms with E-state index in [1.54, 1.807) is 6.08 Å². The van der Waals surface area contributed by atoms with E-state index in [2.05, 4.69) is 19.6 Å². The summed E-state index contributed by atoms with van der Waals surface area (Å²) in [4.78, 5) is 0. The number of hydrogen-bond acceptors (Lipinski definition) is 2. The highest BCUT2D eigenvalue weighted by Crippen LogP contribution is 2.30. The summed E-state index contributed by atoms with van der Waals surface area (Å²) in [5.74, 6) is 5.62. The molecule has 0 spiro atoms. The zero-order valence-corrected chi connectivity index (χ0v) is 11.4. The summed E-state index contributed by atoms with van der Waals surface area (Å²) in [5, 5.41) is 1.17. The Morgan fingerprint density at radius 2 is 1.94 bits per heavy atom. The first-order chi connectivity index (χ1) is 7.59. The molecule has 0 aliphatic carbocycles. The van der Waals surface area contributed by atoms with Crippen LogP contribution in [0.1, 0.15) is 6.42 Å². The largest absolute Gasteiger partial charge is 0.417 e. The van der Waals surface area contributed by atoms with Gasteiger partial charge in [-0.25, -0.2) is 5.84 Å². The third-order valence-electron chi connectivity index (χ3n) is 2.69.